The maximum atomic E-state index is 11.2. The van der Waals surface area contributed by atoms with Crippen LogP contribution in [0.4, 0.5) is 11.4 Å². The third kappa shape index (κ3) is 7.12. The Balaban J connectivity index is 2.13. The molecule has 0 atom stereocenters. The van der Waals surface area contributed by atoms with E-state index in [1.807, 2.05) is 30.3 Å². The lowest BCUT2D eigenvalue weighted by Crippen LogP contribution is -2.13. The van der Waals surface area contributed by atoms with Crippen LogP contribution in [-0.2, 0) is 10.8 Å². The summed E-state index contributed by atoms with van der Waals surface area (Å²) in [7, 11) is 1.61. The molecule has 0 spiro atoms. The quantitative estimate of drug-likeness (QED) is 0.292. The summed E-state index contributed by atoms with van der Waals surface area (Å²) < 4.78 is 5.46. The Morgan fingerprint density at radius 2 is 1.07 bits per heavy atom. The second kappa shape index (κ2) is 11.9. The van der Waals surface area contributed by atoms with Gasteiger partial charge < -0.3 is 14.9 Å². The molecule has 2 N–H and O–H groups in total. The number of hydrogen-bond donors (Lipinski definition) is 2. The van der Waals surface area contributed by atoms with Crippen LogP contribution in [0.15, 0.2) is 52.4 Å². The average molecular weight is 543 g/mol. The van der Waals surface area contributed by atoms with Crippen LogP contribution < -0.4 is 4.74 Å². The number of phenolic OH excluding ortho intramolecular Hbond substituents is 2. The molecule has 5 heteroatoms. The Hall–Kier alpha value is -3.60. The molecule has 5 nitrogen and oxygen atoms in total. The van der Waals surface area contributed by atoms with E-state index < -0.39 is 0 Å². The number of benzene rings is 3. The van der Waals surface area contributed by atoms with E-state index in [0.717, 1.165) is 22.3 Å². The molecular formula is C35H46N2O3. The fraction of sp³-hybridized carbons (Fsp3) is 0.429. The topological polar surface area (TPSA) is 74.4 Å². The van der Waals surface area contributed by atoms with Crippen LogP contribution in [0.1, 0.15) is 114 Å². The second-order valence-electron chi connectivity index (χ2n) is 13.2. The van der Waals surface area contributed by atoms with Crippen molar-refractivity contribution in [3.63, 3.8) is 0 Å². The van der Waals surface area contributed by atoms with Crippen molar-refractivity contribution in [1.82, 2.24) is 0 Å². The fourth-order valence-electron chi connectivity index (χ4n) is 4.49. The maximum absolute atomic E-state index is 11.2. The Morgan fingerprint density at radius 3 is 1.45 bits per heavy atom. The van der Waals surface area contributed by atoms with Gasteiger partial charge in [-0.05, 0) is 58.1 Å². The Kier molecular flexibility index (Phi) is 9.18. The van der Waals surface area contributed by atoms with Crippen LogP contribution in [0.25, 0.3) is 0 Å². The van der Waals surface area contributed by atoms with Gasteiger partial charge in [-0.15, -0.1) is 0 Å². The molecule has 3 rings (SSSR count). The van der Waals surface area contributed by atoms with Gasteiger partial charge in [0.2, 0.25) is 0 Å². The molecule has 0 aliphatic heterocycles. The van der Waals surface area contributed by atoms with E-state index in [4.69, 9.17) is 14.7 Å². The highest BCUT2D eigenvalue weighted by Gasteiger charge is 2.23. The molecule has 0 fully saturated rings. The lowest BCUT2D eigenvalue weighted by molar-refractivity contribution is 0.415. The molecule has 0 heterocycles. The number of rotatable bonds is 7. The summed E-state index contributed by atoms with van der Waals surface area (Å²) in [5, 5.41) is 22.3. The minimum absolute atomic E-state index is 0.217. The molecule has 40 heavy (non-hydrogen) atoms. The van der Waals surface area contributed by atoms with Gasteiger partial charge in [-0.25, -0.2) is 0 Å². The summed E-state index contributed by atoms with van der Waals surface area (Å²) in [4.78, 5) is 9.52. The lowest BCUT2D eigenvalue weighted by Gasteiger charge is -2.23. The highest BCUT2D eigenvalue weighted by atomic mass is 16.5. The van der Waals surface area contributed by atoms with Gasteiger partial charge in [0.25, 0.3) is 0 Å². The third-order valence-electron chi connectivity index (χ3n) is 7.14. The predicted octanol–water partition coefficient (Wildman–Crippen LogP) is 9.45. The normalized spacial score (nSPS) is 12.8. The minimum Gasteiger partial charge on any atom is -0.507 e. The highest BCUT2D eigenvalue weighted by Crippen LogP contribution is 2.38. The van der Waals surface area contributed by atoms with Crippen LogP contribution in [0.3, 0.4) is 0 Å². The standard InChI is InChI=1S/C35H46N2O3/c1-21(2)23-14-25(32(38)28(16-23)34(5,6)7)19-36-30-13-12-27(40-11)18-31(30)37-20-26-15-24(22(3)4)17-29(33(26)39)35(8,9)10/h12-22,38-39H,1-11H3. The van der Waals surface area contributed by atoms with Crippen LogP contribution in [0.2, 0.25) is 0 Å². The summed E-state index contributed by atoms with van der Waals surface area (Å²) in [5.74, 6) is 1.74. The minimum atomic E-state index is -0.221. The molecule has 0 saturated heterocycles. The smallest absolute Gasteiger partial charge is 0.128 e. The van der Waals surface area contributed by atoms with Crippen molar-refractivity contribution in [2.75, 3.05) is 7.11 Å². The molecule has 0 bridgehead atoms. The fourth-order valence-corrected chi connectivity index (χ4v) is 4.49. The van der Waals surface area contributed by atoms with E-state index in [2.05, 4.69) is 81.4 Å². The molecule has 214 valence electrons. The van der Waals surface area contributed by atoms with Gasteiger partial charge >= 0.3 is 0 Å². The first kappa shape index (κ1) is 30.9. The largest absolute Gasteiger partial charge is 0.507 e. The van der Waals surface area contributed by atoms with Crippen molar-refractivity contribution in [2.45, 2.75) is 91.9 Å². The molecule has 0 amide bonds. The summed E-state index contributed by atoms with van der Waals surface area (Å²) in [5.41, 5.74) is 6.17. The molecule has 0 radical (unpaired) electrons. The van der Waals surface area contributed by atoms with E-state index in [9.17, 15) is 10.2 Å². The summed E-state index contributed by atoms with van der Waals surface area (Å²) in [6.07, 6.45) is 3.39. The molecule has 0 aliphatic carbocycles. The van der Waals surface area contributed by atoms with E-state index in [1.54, 1.807) is 19.5 Å². The number of hydrogen-bond acceptors (Lipinski definition) is 5. The number of ether oxygens (including phenoxy) is 1. The Bertz CT molecular complexity index is 1420. The molecule has 0 saturated carbocycles. The molecule has 0 unspecified atom stereocenters. The van der Waals surface area contributed by atoms with E-state index >= 15 is 0 Å². The zero-order chi connectivity index (χ0) is 30.0. The van der Waals surface area contributed by atoms with Gasteiger partial charge in [-0.3, -0.25) is 9.98 Å². The van der Waals surface area contributed by atoms with Crippen molar-refractivity contribution >= 4 is 23.8 Å². The number of nitrogens with zero attached hydrogens (tertiary/aromatic N) is 2. The zero-order valence-corrected chi connectivity index (χ0v) is 26.0. The van der Waals surface area contributed by atoms with Crippen LogP contribution >= 0.6 is 0 Å². The molecule has 0 aromatic heterocycles. The average Bonchev–Trinajstić information content (AvgIpc) is 2.85. The van der Waals surface area contributed by atoms with Crippen molar-refractivity contribution in [3.8, 4) is 17.2 Å². The first-order valence-electron chi connectivity index (χ1n) is 14.0. The molecule has 3 aromatic carbocycles. The van der Waals surface area contributed by atoms with Gasteiger partial charge in [0.15, 0.2) is 0 Å². The Labute approximate surface area is 240 Å². The monoisotopic (exact) mass is 542 g/mol. The first-order valence-corrected chi connectivity index (χ1v) is 14.0. The third-order valence-corrected chi connectivity index (χ3v) is 7.14. The second-order valence-corrected chi connectivity index (χ2v) is 13.2. The van der Waals surface area contributed by atoms with Gasteiger partial charge in [0.05, 0.1) is 18.5 Å². The maximum Gasteiger partial charge on any atom is 0.128 e. The van der Waals surface area contributed by atoms with Crippen molar-refractivity contribution in [3.05, 3.63) is 75.8 Å². The highest BCUT2D eigenvalue weighted by molar-refractivity contribution is 5.90. The zero-order valence-electron chi connectivity index (χ0n) is 26.0. The Morgan fingerprint density at radius 1 is 0.650 bits per heavy atom. The van der Waals surface area contributed by atoms with Crippen LogP contribution in [-0.4, -0.2) is 29.8 Å². The van der Waals surface area contributed by atoms with E-state index in [1.165, 1.54) is 0 Å². The van der Waals surface area contributed by atoms with Crippen molar-refractivity contribution in [1.29, 1.82) is 0 Å². The number of phenols is 2. The van der Waals surface area contributed by atoms with Gasteiger partial charge in [-0.2, -0.15) is 0 Å². The number of methoxy groups -OCH3 is 1. The van der Waals surface area contributed by atoms with E-state index in [0.29, 0.717) is 40.1 Å². The number of aromatic hydroxyl groups is 2. The lowest BCUT2D eigenvalue weighted by atomic mass is 9.82. The van der Waals surface area contributed by atoms with Gasteiger partial charge in [0, 0.05) is 40.7 Å². The van der Waals surface area contributed by atoms with Crippen LogP contribution in [0, 0.1) is 0 Å². The molecule has 0 aliphatic rings. The number of aliphatic imine (C=N–C) groups is 2. The van der Waals surface area contributed by atoms with Gasteiger partial charge in [0.1, 0.15) is 17.2 Å². The molecule has 3 aromatic rings. The van der Waals surface area contributed by atoms with Crippen LogP contribution in [0.5, 0.6) is 17.2 Å². The predicted molar refractivity (Wildman–Crippen MR) is 169 cm³/mol. The summed E-state index contributed by atoms with van der Waals surface area (Å²) >= 11 is 0. The van der Waals surface area contributed by atoms with Crippen molar-refractivity contribution in [2.24, 2.45) is 9.98 Å². The summed E-state index contributed by atoms with van der Waals surface area (Å²) in [6, 6.07) is 13.7. The summed E-state index contributed by atoms with van der Waals surface area (Å²) in [6.45, 7) is 21.1. The SMILES string of the molecule is COc1ccc(N=Cc2cc(C(C)C)cc(C(C)(C)C)c2O)c(N=Cc2cc(C(C)C)cc(C(C)(C)C)c2O)c1. The molecular weight excluding hydrogens is 496 g/mol. The van der Waals surface area contributed by atoms with Gasteiger partial charge in [-0.1, -0.05) is 81.4 Å². The first-order chi connectivity index (χ1) is 18.5. The van der Waals surface area contributed by atoms with Crippen molar-refractivity contribution < 1.29 is 14.9 Å². The van der Waals surface area contributed by atoms with E-state index in [-0.39, 0.29) is 22.3 Å².